The molecule has 1 fully saturated rings. The highest BCUT2D eigenvalue weighted by molar-refractivity contribution is 6.30. The topological polar surface area (TPSA) is 62.7 Å². The lowest BCUT2D eigenvalue weighted by Crippen LogP contribution is -2.42. The molecule has 1 saturated carbocycles. The first-order chi connectivity index (χ1) is 11.4. The molecule has 5 nitrogen and oxygen atoms in total. The summed E-state index contributed by atoms with van der Waals surface area (Å²) in [7, 11) is 1.59. The van der Waals surface area contributed by atoms with E-state index >= 15 is 0 Å². The fourth-order valence-electron chi connectivity index (χ4n) is 2.66. The molecule has 1 aliphatic carbocycles. The normalized spacial score (nSPS) is 15.0. The van der Waals surface area contributed by atoms with Gasteiger partial charge in [-0.2, -0.15) is 0 Å². The van der Waals surface area contributed by atoms with Gasteiger partial charge in [0.15, 0.2) is 0 Å². The van der Waals surface area contributed by atoms with Crippen molar-refractivity contribution >= 4 is 17.7 Å². The summed E-state index contributed by atoms with van der Waals surface area (Å²) in [5.41, 5.74) is 2.48. The van der Waals surface area contributed by atoms with Gasteiger partial charge in [0.25, 0.3) is 0 Å². The van der Waals surface area contributed by atoms with Crippen molar-refractivity contribution in [2.24, 2.45) is 0 Å². The number of ether oxygens (including phenoxy) is 1. The minimum Gasteiger partial charge on any atom is -0.490 e. The van der Waals surface area contributed by atoms with Gasteiger partial charge in [0.05, 0.1) is 11.7 Å². The highest BCUT2D eigenvalue weighted by Gasteiger charge is 2.49. The molecule has 0 saturated heterocycles. The van der Waals surface area contributed by atoms with Crippen LogP contribution in [0.2, 0.25) is 5.02 Å². The Hall–Kier alpha value is -2.27. The molecule has 0 spiro atoms. The molecule has 1 amide bonds. The van der Waals surface area contributed by atoms with E-state index in [1.807, 2.05) is 37.3 Å². The number of carboxylic acid groups (broad SMARTS) is 1. The molecule has 0 bridgehead atoms. The molecule has 0 atom stereocenters. The SMILES string of the molecule is Cc1ncc(OCC2(N(C)C(=O)O)CC2)cc1-c1ccc(Cl)cc1. The second-order valence-electron chi connectivity index (χ2n) is 6.17. The minimum absolute atomic E-state index is 0.334. The molecule has 126 valence electrons. The summed E-state index contributed by atoms with van der Waals surface area (Å²) in [5.74, 6) is 0.635. The molecule has 6 heteroatoms. The molecule has 24 heavy (non-hydrogen) atoms. The molecule has 1 N–H and O–H groups in total. The Labute approximate surface area is 145 Å². The Morgan fingerprint density at radius 3 is 2.62 bits per heavy atom. The number of rotatable bonds is 5. The summed E-state index contributed by atoms with van der Waals surface area (Å²) < 4.78 is 5.85. The Morgan fingerprint density at radius 1 is 1.38 bits per heavy atom. The standard InChI is InChI=1S/C18H19ClN2O3/c1-12-16(13-3-5-14(19)6-4-13)9-15(10-20-12)24-11-18(7-8-18)21(2)17(22)23/h3-6,9-10H,7-8,11H2,1-2H3,(H,22,23). The molecule has 1 heterocycles. The maximum absolute atomic E-state index is 11.2. The van der Waals surface area contributed by atoms with Gasteiger partial charge in [-0.1, -0.05) is 23.7 Å². The third kappa shape index (κ3) is 3.31. The third-order valence-corrected chi connectivity index (χ3v) is 4.80. The zero-order valence-electron chi connectivity index (χ0n) is 13.6. The van der Waals surface area contributed by atoms with E-state index in [1.54, 1.807) is 13.2 Å². The van der Waals surface area contributed by atoms with Gasteiger partial charge >= 0.3 is 6.09 Å². The molecule has 1 aliphatic rings. The van der Waals surface area contributed by atoms with Crippen molar-refractivity contribution < 1.29 is 14.6 Å². The molecule has 2 aromatic rings. The number of nitrogens with zero attached hydrogens (tertiary/aromatic N) is 2. The third-order valence-electron chi connectivity index (χ3n) is 4.55. The smallest absolute Gasteiger partial charge is 0.407 e. The fraction of sp³-hybridized carbons (Fsp3) is 0.333. The number of hydrogen-bond donors (Lipinski definition) is 1. The van der Waals surface area contributed by atoms with Crippen LogP contribution in [0.5, 0.6) is 5.75 Å². The molecule has 1 aromatic heterocycles. The van der Waals surface area contributed by atoms with Gasteiger partial charge in [0, 0.05) is 23.3 Å². The Balaban J connectivity index is 1.77. The molecule has 0 unspecified atom stereocenters. The number of hydrogen-bond acceptors (Lipinski definition) is 3. The number of aromatic nitrogens is 1. The van der Waals surface area contributed by atoms with Crippen LogP contribution < -0.4 is 4.74 Å². The maximum atomic E-state index is 11.2. The molecule has 0 aliphatic heterocycles. The zero-order valence-corrected chi connectivity index (χ0v) is 14.4. The zero-order chi connectivity index (χ0) is 17.3. The maximum Gasteiger partial charge on any atom is 0.407 e. The molecule has 1 aromatic carbocycles. The molecule has 0 radical (unpaired) electrons. The van der Waals surface area contributed by atoms with E-state index in [-0.39, 0.29) is 0 Å². The lowest BCUT2D eigenvalue weighted by atomic mass is 10.0. The van der Waals surface area contributed by atoms with Crippen LogP contribution >= 0.6 is 11.6 Å². The van der Waals surface area contributed by atoms with Gasteiger partial charge in [-0.25, -0.2) is 4.79 Å². The van der Waals surface area contributed by atoms with Crippen molar-refractivity contribution in [2.45, 2.75) is 25.3 Å². The highest BCUT2D eigenvalue weighted by Crippen LogP contribution is 2.41. The van der Waals surface area contributed by atoms with Crippen molar-refractivity contribution in [3.05, 3.63) is 47.2 Å². The van der Waals surface area contributed by atoms with Crippen LogP contribution in [0, 0.1) is 6.92 Å². The Bertz CT molecular complexity index is 757. The average Bonchev–Trinajstić information content (AvgIpc) is 3.35. The van der Waals surface area contributed by atoms with Crippen molar-refractivity contribution in [1.82, 2.24) is 9.88 Å². The molecular weight excluding hydrogens is 328 g/mol. The predicted octanol–water partition coefficient (Wildman–Crippen LogP) is 4.23. The summed E-state index contributed by atoms with van der Waals surface area (Å²) in [6.45, 7) is 2.27. The number of pyridine rings is 1. The van der Waals surface area contributed by atoms with Crippen molar-refractivity contribution in [3.63, 3.8) is 0 Å². The van der Waals surface area contributed by atoms with Crippen LogP contribution in [0.4, 0.5) is 4.79 Å². The molecule has 3 rings (SSSR count). The van der Waals surface area contributed by atoms with Gasteiger partial charge in [0.1, 0.15) is 12.4 Å². The largest absolute Gasteiger partial charge is 0.490 e. The first-order valence-corrected chi connectivity index (χ1v) is 8.11. The quantitative estimate of drug-likeness (QED) is 0.879. The number of halogens is 1. The number of likely N-dealkylation sites (N-methyl/N-ethyl adjacent to an activating group) is 1. The van der Waals surface area contributed by atoms with E-state index in [4.69, 9.17) is 21.4 Å². The van der Waals surface area contributed by atoms with Gasteiger partial charge < -0.3 is 14.7 Å². The summed E-state index contributed by atoms with van der Waals surface area (Å²) >= 11 is 5.94. The van der Waals surface area contributed by atoms with E-state index in [0.717, 1.165) is 29.7 Å². The summed E-state index contributed by atoms with van der Waals surface area (Å²) in [5, 5.41) is 9.84. The minimum atomic E-state index is -0.931. The van der Waals surface area contributed by atoms with Crippen LogP contribution in [-0.2, 0) is 0 Å². The first-order valence-electron chi connectivity index (χ1n) is 7.73. The highest BCUT2D eigenvalue weighted by atomic mass is 35.5. The fourth-order valence-corrected chi connectivity index (χ4v) is 2.78. The Kier molecular flexibility index (Phi) is 4.37. The van der Waals surface area contributed by atoms with E-state index in [0.29, 0.717) is 17.4 Å². The van der Waals surface area contributed by atoms with Gasteiger partial charge in [-0.3, -0.25) is 4.98 Å². The van der Waals surface area contributed by atoms with E-state index in [2.05, 4.69) is 4.98 Å². The van der Waals surface area contributed by atoms with Gasteiger partial charge in [-0.05, 0) is 43.5 Å². The van der Waals surface area contributed by atoms with Crippen molar-refractivity contribution in [1.29, 1.82) is 0 Å². The first kappa shape index (κ1) is 16.6. The van der Waals surface area contributed by atoms with E-state index in [1.165, 1.54) is 4.90 Å². The van der Waals surface area contributed by atoms with Crippen LogP contribution in [-0.4, -0.2) is 40.3 Å². The predicted molar refractivity (Wildman–Crippen MR) is 92.7 cm³/mol. The molecular formula is C18H19ClN2O3. The number of amides is 1. The van der Waals surface area contributed by atoms with Crippen LogP contribution in [0.1, 0.15) is 18.5 Å². The summed E-state index contributed by atoms with van der Waals surface area (Å²) in [6.07, 6.45) is 2.38. The van der Waals surface area contributed by atoms with Crippen LogP contribution in [0.15, 0.2) is 36.5 Å². The van der Waals surface area contributed by atoms with E-state index in [9.17, 15) is 4.79 Å². The monoisotopic (exact) mass is 346 g/mol. The lowest BCUT2D eigenvalue weighted by molar-refractivity contribution is 0.109. The second-order valence-corrected chi connectivity index (χ2v) is 6.60. The second kappa shape index (κ2) is 6.32. The Morgan fingerprint density at radius 2 is 2.04 bits per heavy atom. The average molecular weight is 347 g/mol. The number of aryl methyl sites for hydroxylation is 1. The van der Waals surface area contributed by atoms with E-state index < -0.39 is 11.6 Å². The number of carbonyl (C=O) groups is 1. The van der Waals surface area contributed by atoms with Crippen molar-refractivity contribution in [3.8, 4) is 16.9 Å². The lowest BCUT2D eigenvalue weighted by Gasteiger charge is -2.25. The summed E-state index contributed by atoms with van der Waals surface area (Å²) in [6, 6.07) is 9.49. The van der Waals surface area contributed by atoms with Gasteiger partial charge in [-0.15, -0.1) is 0 Å². The summed E-state index contributed by atoms with van der Waals surface area (Å²) in [4.78, 5) is 16.9. The van der Waals surface area contributed by atoms with Gasteiger partial charge in [0.2, 0.25) is 0 Å². The van der Waals surface area contributed by atoms with Crippen molar-refractivity contribution in [2.75, 3.05) is 13.7 Å². The van der Waals surface area contributed by atoms with Crippen LogP contribution in [0.3, 0.4) is 0 Å². The number of benzene rings is 1. The van der Waals surface area contributed by atoms with Crippen LogP contribution in [0.25, 0.3) is 11.1 Å².